The van der Waals surface area contributed by atoms with Gasteiger partial charge in [-0.2, -0.15) is 4.68 Å². The molecule has 5 nitrogen and oxygen atoms in total. The molecule has 1 heterocycles. The third-order valence-corrected chi connectivity index (χ3v) is 2.27. The Hall–Kier alpha value is -1.53. The number of hydrogen-bond acceptors (Lipinski definition) is 4. The van der Waals surface area contributed by atoms with Crippen LogP contribution in [0.2, 0.25) is 5.02 Å². The molecule has 84 valence electrons. The zero-order chi connectivity index (χ0) is 11.7. The highest BCUT2D eigenvalue weighted by Crippen LogP contribution is 2.20. The van der Waals surface area contributed by atoms with Crippen molar-refractivity contribution < 1.29 is 4.39 Å². The molecule has 0 bridgehead atoms. The highest BCUT2D eigenvalue weighted by atomic mass is 35.5. The van der Waals surface area contributed by atoms with Gasteiger partial charge >= 0.3 is 0 Å². The van der Waals surface area contributed by atoms with Gasteiger partial charge in [-0.1, -0.05) is 11.6 Å². The van der Waals surface area contributed by atoms with Gasteiger partial charge in [-0.3, -0.25) is 0 Å². The number of halogens is 2. The van der Waals surface area contributed by atoms with Crippen LogP contribution in [0.4, 0.5) is 4.39 Å². The molecule has 1 aromatic heterocycles. The molecule has 0 aliphatic rings. The molecule has 1 aromatic carbocycles. The van der Waals surface area contributed by atoms with Crippen molar-refractivity contribution in [2.45, 2.75) is 13.0 Å². The van der Waals surface area contributed by atoms with E-state index in [-0.39, 0.29) is 5.69 Å². The van der Waals surface area contributed by atoms with Gasteiger partial charge in [-0.25, -0.2) is 4.39 Å². The molecular weight excluding hydrogens is 233 g/mol. The van der Waals surface area contributed by atoms with Crippen molar-refractivity contribution in [3.63, 3.8) is 0 Å². The van der Waals surface area contributed by atoms with Crippen LogP contribution in [0.5, 0.6) is 0 Å². The van der Waals surface area contributed by atoms with Crippen LogP contribution in [0.3, 0.4) is 0 Å². The molecule has 0 aliphatic heterocycles. The van der Waals surface area contributed by atoms with Crippen molar-refractivity contribution >= 4 is 11.6 Å². The normalized spacial score (nSPS) is 12.8. The molecule has 2 N–H and O–H groups in total. The Labute approximate surface area is 96.0 Å². The lowest BCUT2D eigenvalue weighted by atomic mass is 10.3. The molecule has 2 rings (SSSR count). The summed E-state index contributed by atoms with van der Waals surface area (Å²) in [5.74, 6) is -0.0835. The number of hydrogen-bond donors (Lipinski definition) is 1. The summed E-state index contributed by atoms with van der Waals surface area (Å²) >= 11 is 5.79. The van der Waals surface area contributed by atoms with E-state index in [2.05, 4.69) is 15.5 Å². The van der Waals surface area contributed by atoms with E-state index in [9.17, 15) is 4.39 Å². The van der Waals surface area contributed by atoms with Crippen LogP contribution < -0.4 is 5.73 Å². The molecule has 0 saturated carbocycles. The fraction of sp³-hybridized carbons (Fsp3) is 0.222. The fourth-order valence-corrected chi connectivity index (χ4v) is 1.46. The first-order valence-electron chi connectivity index (χ1n) is 4.59. The van der Waals surface area contributed by atoms with Gasteiger partial charge in [0.15, 0.2) is 5.82 Å². The molecule has 0 amide bonds. The van der Waals surface area contributed by atoms with Crippen molar-refractivity contribution in [2.75, 3.05) is 0 Å². The van der Waals surface area contributed by atoms with Crippen LogP contribution in [0.1, 0.15) is 18.8 Å². The third-order valence-electron chi connectivity index (χ3n) is 2.04. The van der Waals surface area contributed by atoms with Crippen molar-refractivity contribution in [2.24, 2.45) is 5.73 Å². The maximum absolute atomic E-state index is 13.6. The minimum Gasteiger partial charge on any atom is -0.321 e. The zero-order valence-corrected chi connectivity index (χ0v) is 9.19. The van der Waals surface area contributed by atoms with Gasteiger partial charge in [-0.05, 0) is 35.5 Å². The van der Waals surface area contributed by atoms with E-state index in [0.29, 0.717) is 10.8 Å². The van der Waals surface area contributed by atoms with Gasteiger partial charge in [0.2, 0.25) is 0 Å². The summed E-state index contributed by atoms with van der Waals surface area (Å²) in [6, 6.07) is 3.76. The van der Waals surface area contributed by atoms with Gasteiger partial charge in [0.1, 0.15) is 11.5 Å². The Kier molecular flexibility index (Phi) is 2.84. The van der Waals surface area contributed by atoms with Gasteiger partial charge in [0.05, 0.1) is 6.04 Å². The minimum absolute atomic E-state index is 0.185. The monoisotopic (exact) mass is 241 g/mol. The second-order valence-corrected chi connectivity index (χ2v) is 3.77. The Morgan fingerprint density at radius 3 is 2.94 bits per heavy atom. The molecule has 16 heavy (non-hydrogen) atoms. The van der Waals surface area contributed by atoms with E-state index in [0.717, 1.165) is 0 Å². The number of tetrazole rings is 1. The van der Waals surface area contributed by atoms with Crippen molar-refractivity contribution in [3.05, 3.63) is 34.9 Å². The Balaban J connectivity index is 2.58. The van der Waals surface area contributed by atoms with Crippen molar-refractivity contribution in [3.8, 4) is 5.69 Å². The van der Waals surface area contributed by atoms with Crippen molar-refractivity contribution in [1.82, 2.24) is 20.2 Å². The smallest absolute Gasteiger partial charge is 0.173 e. The summed E-state index contributed by atoms with van der Waals surface area (Å²) in [5.41, 5.74) is 5.85. The number of benzene rings is 1. The summed E-state index contributed by atoms with van der Waals surface area (Å²) in [7, 11) is 0. The maximum Gasteiger partial charge on any atom is 0.173 e. The molecular formula is C9H9ClFN5. The predicted octanol–water partition coefficient (Wildman–Crippen LogP) is 1.47. The van der Waals surface area contributed by atoms with Crippen LogP contribution in [0.15, 0.2) is 18.2 Å². The topological polar surface area (TPSA) is 69.6 Å². The third kappa shape index (κ3) is 1.89. The first-order chi connectivity index (χ1) is 7.59. The summed E-state index contributed by atoms with van der Waals surface area (Å²) in [6.07, 6.45) is 0. The molecule has 0 saturated heterocycles. The molecule has 0 aliphatic carbocycles. The molecule has 7 heteroatoms. The molecule has 2 aromatic rings. The molecule has 1 unspecified atom stereocenters. The standard InChI is InChI=1S/C9H9ClFN5/c1-5(12)9-13-14-15-16(9)8-4-6(10)2-3-7(8)11/h2-5H,12H2,1H3. The van der Waals surface area contributed by atoms with Crippen LogP contribution >= 0.6 is 11.6 Å². The molecule has 0 fully saturated rings. The van der Waals surface area contributed by atoms with Gasteiger partial charge < -0.3 is 5.73 Å². The Morgan fingerprint density at radius 1 is 1.50 bits per heavy atom. The lowest BCUT2D eigenvalue weighted by molar-refractivity contribution is 0.595. The summed E-state index contributed by atoms with van der Waals surface area (Å²) in [5, 5.41) is 11.3. The first-order valence-corrected chi connectivity index (χ1v) is 4.96. The number of nitrogens with zero attached hydrogens (tertiary/aromatic N) is 4. The highest BCUT2D eigenvalue weighted by molar-refractivity contribution is 6.30. The van der Waals surface area contributed by atoms with E-state index in [1.807, 2.05) is 0 Å². The number of rotatable bonds is 2. The van der Waals surface area contributed by atoms with E-state index in [1.165, 1.54) is 22.9 Å². The average molecular weight is 242 g/mol. The SMILES string of the molecule is CC(N)c1nnnn1-c1cc(Cl)ccc1F. The second kappa shape index (κ2) is 4.15. The van der Waals surface area contributed by atoms with Crippen LogP contribution in [0.25, 0.3) is 5.69 Å². The zero-order valence-electron chi connectivity index (χ0n) is 8.43. The lowest BCUT2D eigenvalue weighted by Gasteiger charge is -2.07. The molecule has 0 spiro atoms. The first kappa shape index (κ1) is 11.0. The van der Waals surface area contributed by atoms with E-state index < -0.39 is 11.9 Å². The predicted molar refractivity (Wildman–Crippen MR) is 56.7 cm³/mol. The molecule has 0 radical (unpaired) electrons. The molecule has 1 atom stereocenters. The second-order valence-electron chi connectivity index (χ2n) is 3.33. The fourth-order valence-electron chi connectivity index (χ4n) is 1.30. The van der Waals surface area contributed by atoms with Gasteiger partial charge in [-0.15, -0.1) is 5.10 Å². The largest absolute Gasteiger partial charge is 0.321 e. The van der Waals surface area contributed by atoms with E-state index in [4.69, 9.17) is 17.3 Å². The van der Waals surface area contributed by atoms with E-state index >= 15 is 0 Å². The van der Waals surface area contributed by atoms with Gasteiger partial charge in [0.25, 0.3) is 0 Å². The summed E-state index contributed by atoms with van der Waals surface area (Å²) in [4.78, 5) is 0. The van der Waals surface area contributed by atoms with Crippen LogP contribution in [0, 0.1) is 5.82 Å². The lowest BCUT2D eigenvalue weighted by Crippen LogP contribution is -2.14. The van der Waals surface area contributed by atoms with Crippen molar-refractivity contribution in [1.29, 1.82) is 0 Å². The number of aromatic nitrogens is 4. The minimum atomic E-state index is -0.460. The van der Waals surface area contributed by atoms with Gasteiger partial charge in [0, 0.05) is 5.02 Å². The maximum atomic E-state index is 13.6. The average Bonchev–Trinajstić information content (AvgIpc) is 2.70. The Bertz CT molecular complexity index is 510. The van der Waals surface area contributed by atoms with Crippen LogP contribution in [-0.2, 0) is 0 Å². The summed E-state index contributed by atoms with van der Waals surface area (Å²) in [6.45, 7) is 1.71. The Morgan fingerprint density at radius 2 is 2.25 bits per heavy atom. The summed E-state index contributed by atoms with van der Waals surface area (Å²) < 4.78 is 14.8. The highest BCUT2D eigenvalue weighted by Gasteiger charge is 2.15. The van der Waals surface area contributed by atoms with Crippen LogP contribution in [-0.4, -0.2) is 20.2 Å². The quantitative estimate of drug-likeness (QED) is 0.865. The van der Waals surface area contributed by atoms with E-state index in [1.54, 1.807) is 6.92 Å². The number of nitrogens with two attached hydrogens (primary N) is 1.